The van der Waals surface area contributed by atoms with Gasteiger partial charge in [-0.2, -0.15) is 22.5 Å². The Morgan fingerprint density at radius 1 is 0.821 bits per heavy atom. The van der Waals surface area contributed by atoms with Crippen LogP contribution >= 0.6 is 58.4 Å². The molecule has 3 aliphatic heterocycles. The van der Waals surface area contributed by atoms with E-state index in [1.54, 1.807) is 12.1 Å². The summed E-state index contributed by atoms with van der Waals surface area (Å²) in [7, 11) is 0. The summed E-state index contributed by atoms with van der Waals surface area (Å²) in [4.78, 5) is 38.8. The van der Waals surface area contributed by atoms with Crippen molar-refractivity contribution in [3.63, 3.8) is 0 Å². The number of thioether (sulfide) groups is 1. The third kappa shape index (κ3) is 5.61. The average molecular weight is 623 g/mol. The number of carbonyl (C=O) groups excluding carboxylic acids is 2. The number of aromatic nitrogens is 4. The molecule has 16 heteroatoms. The molecule has 2 fully saturated rings. The quantitative estimate of drug-likeness (QED) is 0.402. The fraction of sp³-hybridized carbons (Fsp3) is 0.348. The number of carbonyl (C=O) groups is 2. The third-order valence-corrected chi connectivity index (χ3v) is 9.41. The second-order valence-corrected chi connectivity index (χ2v) is 11.7. The van der Waals surface area contributed by atoms with Crippen LogP contribution in [0.4, 0.5) is 11.6 Å². The maximum Gasteiger partial charge on any atom is 0.286 e. The van der Waals surface area contributed by atoms with Crippen LogP contribution in [0, 0.1) is 0 Å². The summed E-state index contributed by atoms with van der Waals surface area (Å²) in [5.41, 5.74) is 1.36. The molecule has 3 aromatic rings. The van der Waals surface area contributed by atoms with Crippen LogP contribution in [0.2, 0.25) is 10.3 Å². The van der Waals surface area contributed by atoms with Crippen molar-refractivity contribution in [2.45, 2.75) is 0 Å². The largest absolute Gasteiger partial charge is 0.350 e. The smallest absolute Gasteiger partial charge is 0.286 e. The number of amidine groups is 1. The molecule has 2 saturated heterocycles. The van der Waals surface area contributed by atoms with Crippen LogP contribution in [0.25, 0.3) is 6.08 Å². The van der Waals surface area contributed by atoms with Gasteiger partial charge in [-0.05, 0) is 35.5 Å². The van der Waals surface area contributed by atoms with Crippen molar-refractivity contribution in [3.8, 4) is 0 Å². The van der Waals surface area contributed by atoms with Gasteiger partial charge >= 0.3 is 0 Å². The van der Waals surface area contributed by atoms with E-state index in [1.807, 2.05) is 28.0 Å². The molecule has 0 atom stereocenters. The number of anilines is 2. The fourth-order valence-corrected chi connectivity index (χ4v) is 7.10. The predicted octanol–water partition coefficient (Wildman–Crippen LogP) is 3.45. The van der Waals surface area contributed by atoms with Crippen molar-refractivity contribution in [1.29, 1.82) is 0 Å². The molecule has 2 amide bonds. The maximum absolute atomic E-state index is 13.2. The first-order valence-corrected chi connectivity index (χ1v) is 15.1. The van der Waals surface area contributed by atoms with Gasteiger partial charge in [0, 0.05) is 57.9 Å². The molecule has 0 aliphatic carbocycles. The lowest BCUT2D eigenvalue weighted by molar-refractivity contribution is -0.113. The Morgan fingerprint density at radius 2 is 1.41 bits per heavy atom. The first kappa shape index (κ1) is 26.4. The standard InChI is InChI=1S/C23H21Cl2N9O2S3/c24-17-19(29-38-27-17)31-4-8-33(9-5-31)22(36)15-3-1-2-14(12-15)13-16-21(35)26-23(37-16)34-10-6-32(7-11-34)20-18(25)28-39-30-20/h1-3,12-13H,4-11H2/b16-13+. The van der Waals surface area contributed by atoms with Gasteiger partial charge in [-0.25, -0.2) is 0 Å². The van der Waals surface area contributed by atoms with Crippen LogP contribution in [0.15, 0.2) is 34.2 Å². The van der Waals surface area contributed by atoms with Crippen LogP contribution in [0.3, 0.4) is 0 Å². The number of aliphatic imine (C=N–C) groups is 1. The molecular weight excluding hydrogens is 601 g/mol. The molecule has 202 valence electrons. The van der Waals surface area contributed by atoms with Crippen molar-refractivity contribution >= 4 is 93.1 Å². The second-order valence-electron chi connectivity index (χ2n) is 8.95. The SMILES string of the molecule is O=C1N=C(N2CCN(c3nsnc3Cl)CC2)S/C1=C/c1cccc(C(=O)N2CCN(c3nsnc3Cl)CC2)c1. The van der Waals surface area contributed by atoms with Gasteiger partial charge in [0.25, 0.3) is 11.8 Å². The lowest BCUT2D eigenvalue weighted by Crippen LogP contribution is -2.49. The van der Waals surface area contributed by atoms with Crippen LogP contribution in [-0.4, -0.2) is 96.6 Å². The molecule has 5 heterocycles. The Balaban J connectivity index is 1.07. The van der Waals surface area contributed by atoms with Crippen molar-refractivity contribution < 1.29 is 9.59 Å². The zero-order chi connectivity index (χ0) is 26.9. The number of piperazine rings is 2. The van der Waals surface area contributed by atoms with Gasteiger partial charge in [0.2, 0.25) is 0 Å². The lowest BCUT2D eigenvalue weighted by atomic mass is 10.1. The van der Waals surface area contributed by atoms with Crippen molar-refractivity contribution in [2.75, 3.05) is 62.2 Å². The van der Waals surface area contributed by atoms with Crippen molar-refractivity contribution in [1.82, 2.24) is 27.3 Å². The van der Waals surface area contributed by atoms with Gasteiger partial charge in [-0.15, -0.1) is 0 Å². The monoisotopic (exact) mass is 621 g/mol. The minimum absolute atomic E-state index is 0.0481. The van der Waals surface area contributed by atoms with Gasteiger partial charge in [0.05, 0.1) is 28.4 Å². The highest BCUT2D eigenvalue weighted by Crippen LogP contribution is 2.32. The molecule has 1 aromatic carbocycles. The molecule has 2 aromatic heterocycles. The topological polar surface area (TPSA) is 111 Å². The number of halogens is 2. The fourth-order valence-electron chi connectivity index (χ4n) is 4.58. The zero-order valence-electron chi connectivity index (χ0n) is 20.4. The van der Waals surface area contributed by atoms with Crippen LogP contribution in [-0.2, 0) is 4.79 Å². The Labute approximate surface area is 246 Å². The van der Waals surface area contributed by atoms with Gasteiger partial charge in [0.1, 0.15) is 0 Å². The number of nitrogens with zero attached hydrogens (tertiary/aromatic N) is 9. The molecule has 0 spiro atoms. The van der Waals surface area contributed by atoms with E-state index < -0.39 is 0 Å². The summed E-state index contributed by atoms with van der Waals surface area (Å²) in [6.07, 6.45) is 1.80. The van der Waals surface area contributed by atoms with E-state index in [0.29, 0.717) is 89.9 Å². The summed E-state index contributed by atoms with van der Waals surface area (Å²) in [6, 6.07) is 7.33. The zero-order valence-corrected chi connectivity index (χ0v) is 24.3. The Kier molecular flexibility index (Phi) is 7.71. The highest BCUT2D eigenvalue weighted by molar-refractivity contribution is 8.18. The van der Waals surface area contributed by atoms with E-state index in [9.17, 15) is 9.59 Å². The summed E-state index contributed by atoms with van der Waals surface area (Å²) in [5, 5.41) is 1.50. The summed E-state index contributed by atoms with van der Waals surface area (Å²) in [6.45, 7) is 5.20. The molecule has 3 aliphatic rings. The first-order chi connectivity index (χ1) is 19.0. The minimum Gasteiger partial charge on any atom is -0.350 e. The Bertz CT molecular complexity index is 1460. The number of amides is 2. The van der Waals surface area contributed by atoms with Crippen molar-refractivity contribution in [2.24, 2.45) is 4.99 Å². The number of hydrogen-bond donors (Lipinski definition) is 0. The van der Waals surface area contributed by atoms with Gasteiger partial charge in [-0.1, -0.05) is 35.3 Å². The molecule has 0 radical (unpaired) electrons. The van der Waals surface area contributed by atoms with E-state index in [4.69, 9.17) is 23.2 Å². The summed E-state index contributed by atoms with van der Waals surface area (Å²) < 4.78 is 16.6. The van der Waals surface area contributed by atoms with Crippen LogP contribution in [0.1, 0.15) is 15.9 Å². The average Bonchev–Trinajstić information content (AvgIpc) is 3.69. The highest BCUT2D eigenvalue weighted by Gasteiger charge is 2.30. The minimum atomic E-state index is -0.271. The molecule has 39 heavy (non-hydrogen) atoms. The summed E-state index contributed by atoms with van der Waals surface area (Å²) in [5.74, 6) is 1.06. The van der Waals surface area contributed by atoms with Crippen LogP contribution < -0.4 is 9.80 Å². The van der Waals surface area contributed by atoms with Gasteiger partial charge in [-0.3, -0.25) is 9.59 Å². The highest BCUT2D eigenvalue weighted by atomic mass is 35.5. The molecular formula is C23H21Cl2N9O2S3. The molecule has 0 N–H and O–H groups in total. The van der Waals surface area contributed by atoms with Crippen molar-refractivity contribution in [3.05, 3.63) is 50.6 Å². The lowest BCUT2D eigenvalue weighted by Gasteiger charge is -2.35. The molecule has 0 bridgehead atoms. The Hall–Kier alpha value is -2.78. The predicted molar refractivity (Wildman–Crippen MR) is 156 cm³/mol. The molecule has 0 saturated carbocycles. The van der Waals surface area contributed by atoms with E-state index in [0.717, 1.165) is 29.0 Å². The third-order valence-electron chi connectivity index (χ3n) is 6.62. The van der Waals surface area contributed by atoms with E-state index in [2.05, 4.69) is 32.3 Å². The van der Waals surface area contributed by atoms with Gasteiger partial charge < -0.3 is 19.6 Å². The maximum atomic E-state index is 13.2. The first-order valence-electron chi connectivity index (χ1n) is 12.1. The van der Waals surface area contributed by atoms with Gasteiger partial charge in [0.15, 0.2) is 27.1 Å². The van der Waals surface area contributed by atoms with E-state index in [1.165, 1.54) is 11.8 Å². The van der Waals surface area contributed by atoms with E-state index in [-0.39, 0.29) is 11.8 Å². The van der Waals surface area contributed by atoms with E-state index >= 15 is 0 Å². The molecule has 6 rings (SSSR count). The second kappa shape index (κ2) is 11.4. The summed E-state index contributed by atoms with van der Waals surface area (Å²) >= 11 is 15.8. The van der Waals surface area contributed by atoms with Crippen LogP contribution in [0.5, 0.6) is 0 Å². The Morgan fingerprint density at radius 3 is 2.00 bits per heavy atom. The number of rotatable bonds is 4. The number of benzene rings is 1. The normalized spacial score (nSPS) is 19.3. The molecule has 0 unspecified atom stereocenters. The number of hydrogen-bond acceptors (Lipinski definition) is 12. The molecule has 11 nitrogen and oxygen atoms in total.